The Balaban J connectivity index is 1.39. The number of aliphatic hydroxyl groups is 1. The summed E-state index contributed by atoms with van der Waals surface area (Å²) < 4.78 is 12.9. The van der Waals surface area contributed by atoms with Crippen LogP contribution in [-0.2, 0) is 4.74 Å². The molecule has 3 heterocycles. The van der Waals surface area contributed by atoms with Gasteiger partial charge in [-0.25, -0.2) is 9.48 Å². The second-order valence-corrected chi connectivity index (χ2v) is 11.1. The zero-order chi connectivity index (χ0) is 27.8. The number of anilines is 1. The SMILES string of the molecule is CC(C)(C)OC(=O)N1CCC(O)(C2CCNc3c2nn(-c2ccc(Oc4ccccc4)cc2)c3C(N)=O)CC1. The minimum Gasteiger partial charge on any atom is -0.457 e. The molecule has 0 spiro atoms. The molecule has 2 aliphatic heterocycles. The van der Waals surface area contributed by atoms with Crippen LogP contribution in [0.3, 0.4) is 0 Å². The Bertz CT molecular complexity index is 1340. The zero-order valence-electron chi connectivity index (χ0n) is 22.5. The van der Waals surface area contributed by atoms with Crippen LogP contribution in [0.5, 0.6) is 11.5 Å². The zero-order valence-corrected chi connectivity index (χ0v) is 22.5. The largest absolute Gasteiger partial charge is 0.457 e. The summed E-state index contributed by atoms with van der Waals surface area (Å²) in [4.78, 5) is 26.8. The van der Waals surface area contributed by atoms with Gasteiger partial charge in [-0.05, 0) is 76.4 Å². The molecular formula is C29H35N5O5. The number of hydrogen-bond donors (Lipinski definition) is 3. The molecule has 2 aliphatic rings. The van der Waals surface area contributed by atoms with Crippen molar-refractivity contribution in [3.63, 3.8) is 0 Å². The molecule has 10 nitrogen and oxygen atoms in total. The third-order valence-electron chi connectivity index (χ3n) is 7.20. The third-order valence-corrected chi connectivity index (χ3v) is 7.20. The van der Waals surface area contributed by atoms with E-state index in [-0.39, 0.29) is 17.7 Å². The molecule has 39 heavy (non-hydrogen) atoms. The highest BCUT2D eigenvalue weighted by Gasteiger charge is 2.46. The average Bonchev–Trinajstić information content (AvgIpc) is 3.29. The lowest BCUT2D eigenvalue weighted by atomic mass is 9.74. The lowest BCUT2D eigenvalue weighted by Crippen LogP contribution is -2.51. The van der Waals surface area contributed by atoms with E-state index in [1.807, 2.05) is 63.2 Å². The number of aromatic nitrogens is 2. The molecule has 5 rings (SSSR count). The van der Waals surface area contributed by atoms with Crippen molar-refractivity contribution in [2.45, 2.75) is 57.2 Å². The summed E-state index contributed by atoms with van der Waals surface area (Å²) in [7, 11) is 0. The fourth-order valence-corrected chi connectivity index (χ4v) is 5.30. The van der Waals surface area contributed by atoms with Crippen LogP contribution in [0.1, 0.15) is 62.1 Å². The van der Waals surface area contributed by atoms with E-state index in [4.69, 9.17) is 20.3 Å². The number of ether oxygens (including phenoxy) is 2. The molecular weight excluding hydrogens is 498 g/mol. The standard InChI is InChI=1S/C29H35N5O5/c1-28(2,3)39-27(36)33-17-14-29(37,15-18-33)22-13-16-31-24-23(22)32-34(25(24)26(30)35)19-9-11-21(12-10-19)38-20-7-5-4-6-8-20/h4-12,22,31,37H,13-18H2,1-3H3,(H2,30,35). The van der Waals surface area contributed by atoms with Crippen molar-refractivity contribution in [1.82, 2.24) is 14.7 Å². The van der Waals surface area contributed by atoms with Crippen molar-refractivity contribution in [2.75, 3.05) is 25.0 Å². The van der Waals surface area contributed by atoms with Crippen molar-refractivity contribution in [1.29, 1.82) is 0 Å². The highest BCUT2D eigenvalue weighted by molar-refractivity contribution is 5.98. The number of nitrogens with one attached hydrogen (secondary N) is 1. The smallest absolute Gasteiger partial charge is 0.410 e. The lowest BCUT2D eigenvalue weighted by molar-refractivity contribution is -0.0508. The first-order valence-electron chi connectivity index (χ1n) is 13.2. The van der Waals surface area contributed by atoms with E-state index in [0.717, 1.165) is 5.75 Å². The molecule has 0 aliphatic carbocycles. The number of carbonyl (C=O) groups is 2. The summed E-state index contributed by atoms with van der Waals surface area (Å²) in [6.07, 6.45) is 1.01. The number of carbonyl (C=O) groups excluding carboxylic acids is 2. The molecule has 0 saturated carbocycles. The van der Waals surface area contributed by atoms with Crippen LogP contribution >= 0.6 is 0 Å². The number of rotatable bonds is 5. The number of piperidine rings is 1. The molecule has 1 saturated heterocycles. The van der Waals surface area contributed by atoms with Crippen LogP contribution in [0.2, 0.25) is 0 Å². The Labute approximate surface area is 227 Å². The number of fused-ring (bicyclic) bond motifs is 1. The molecule has 2 aromatic carbocycles. The molecule has 1 aromatic heterocycles. The van der Waals surface area contributed by atoms with E-state index >= 15 is 0 Å². The predicted octanol–water partition coefficient (Wildman–Crippen LogP) is 4.42. The van der Waals surface area contributed by atoms with Crippen molar-refractivity contribution in [3.05, 3.63) is 66.0 Å². The van der Waals surface area contributed by atoms with E-state index in [2.05, 4.69) is 5.32 Å². The molecule has 3 aromatic rings. The maximum atomic E-state index is 12.6. The van der Waals surface area contributed by atoms with Gasteiger partial charge in [0.05, 0.1) is 22.7 Å². The lowest BCUT2D eigenvalue weighted by Gasteiger charge is -2.43. The van der Waals surface area contributed by atoms with Gasteiger partial charge in [0.15, 0.2) is 5.69 Å². The summed E-state index contributed by atoms with van der Waals surface area (Å²) in [5.41, 5.74) is 6.19. The molecule has 0 bridgehead atoms. The molecule has 1 fully saturated rings. The van der Waals surface area contributed by atoms with Crippen molar-refractivity contribution in [2.24, 2.45) is 5.73 Å². The van der Waals surface area contributed by atoms with E-state index in [1.54, 1.807) is 17.0 Å². The Kier molecular flexibility index (Phi) is 6.98. The van der Waals surface area contributed by atoms with E-state index in [0.29, 0.717) is 61.7 Å². The molecule has 0 radical (unpaired) electrons. The number of nitrogens with two attached hydrogens (primary N) is 1. The van der Waals surface area contributed by atoms with Gasteiger partial charge in [0, 0.05) is 25.6 Å². The van der Waals surface area contributed by atoms with Crippen molar-refractivity contribution in [3.8, 4) is 17.2 Å². The first-order valence-corrected chi connectivity index (χ1v) is 13.2. The molecule has 1 atom stereocenters. The van der Waals surface area contributed by atoms with Gasteiger partial charge in [-0.15, -0.1) is 0 Å². The molecule has 206 valence electrons. The molecule has 4 N–H and O–H groups in total. The second kappa shape index (κ2) is 10.3. The van der Waals surface area contributed by atoms with Crippen LogP contribution in [0, 0.1) is 0 Å². The van der Waals surface area contributed by atoms with Gasteiger partial charge in [0.25, 0.3) is 5.91 Å². The van der Waals surface area contributed by atoms with Crippen LogP contribution in [0.15, 0.2) is 54.6 Å². The first kappa shape index (κ1) is 26.6. The number of para-hydroxylation sites is 1. The van der Waals surface area contributed by atoms with E-state index < -0.39 is 17.1 Å². The van der Waals surface area contributed by atoms with Gasteiger partial charge in [-0.2, -0.15) is 5.10 Å². The first-order chi connectivity index (χ1) is 18.5. The number of hydrogen-bond acceptors (Lipinski definition) is 7. The molecule has 1 unspecified atom stereocenters. The monoisotopic (exact) mass is 533 g/mol. The average molecular weight is 534 g/mol. The van der Waals surface area contributed by atoms with E-state index in [9.17, 15) is 14.7 Å². The van der Waals surface area contributed by atoms with Gasteiger partial charge in [-0.3, -0.25) is 4.79 Å². The molecule has 2 amide bonds. The Morgan fingerprint density at radius 3 is 2.31 bits per heavy atom. The fourth-order valence-electron chi connectivity index (χ4n) is 5.30. The summed E-state index contributed by atoms with van der Waals surface area (Å²) in [5, 5.41) is 19.9. The van der Waals surface area contributed by atoms with Gasteiger partial charge >= 0.3 is 6.09 Å². The third kappa shape index (κ3) is 5.56. The van der Waals surface area contributed by atoms with Gasteiger partial charge in [0.1, 0.15) is 17.1 Å². The maximum Gasteiger partial charge on any atom is 0.410 e. The maximum absolute atomic E-state index is 12.6. The van der Waals surface area contributed by atoms with Crippen molar-refractivity contribution >= 4 is 17.7 Å². The fraction of sp³-hybridized carbons (Fsp3) is 0.414. The number of primary amides is 1. The highest BCUT2D eigenvalue weighted by atomic mass is 16.6. The second-order valence-electron chi connectivity index (χ2n) is 11.1. The van der Waals surface area contributed by atoms with Crippen LogP contribution in [-0.4, -0.2) is 62.6 Å². The quantitative estimate of drug-likeness (QED) is 0.442. The summed E-state index contributed by atoms with van der Waals surface area (Å²) >= 11 is 0. The van der Waals surface area contributed by atoms with Crippen LogP contribution < -0.4 is 15.8 Å². The van der Waals surface area contributed by atoms with Gasteiger partial charge in [0.2, 0.25) is 0 Å². The van der Waals surface area contributed by atoms with Gasteiger partial charge in [-0.1, -0.05) is 18.2 Å². The number of amides is 2. The van der Waals surface area contributed by atoms with Crippen LogP contribution in [0.25, 0.3) is 5.69 Å². The molecule has 10 heteroatoms. The summed E-state index contributed by atoms with van der Waals surface area (Å²) in [5.74, 6) is 0.419. The topological polar surface area (TPSA) is 132 Å². The number of likely N-dealkylation sites (tertiary alicyclic amines) is 1. The number of nitrogens with zero attached hydrogens (tertiary/aromatic N) is 3. The van der Waals surface area contributed by atoms with Crippen molar-refractivity contribution < 1.29 is 24.2 Å². The highest BCUT2D eigenvalue weighted by Crippen LogP contribution is 2.45. The van der Waals surface area contributed by atoms with Crippen LogP contribution in [0.4, 0.5) is 10.5 Å². The Morgan fingerprint density at radius 2 is 1.69 bits per heavy atom. The minimum atomic E-state index is -1.09. The summed E-state index contributed by atoms with van der Waals surface area (Å²) in [6, 6.07) is 16.7. The van der Waals surface area contributed by atoms with Gasteiger partial charge < -0.3 is 30.5 Å². The predicted molar refractivity (Wildman–Crippen MR) is 146 cm³/mol. The Hall–Kier alpha value is -4.05. The summed E-state index contributed by atoms with van der Waals surface area (Å²) in [6.45, 7) is 6.80. The normalized spacial score (nSPS) is 18.6. The minimum absolute atomic E-state index is 0.237. The van der Waals surface area contributed by atoms with E-state index in [1.165, 1.54) is 4.68 Å². The Morgan fingerprint density at radius 1 is 1.05 bits per heavy atom. The number of benzene rings is 2.